The fourth-order valence-electron chi connectivity index (χ4n) is 3.98. The zero-order chi connectivity index (χ0) is 25.1. The zero-order valence-electron chi connectivity index (χ0n) is 18.7. The van der Waals surface area contributed by atoms with Crippen LogP contribution in [0.1, 0.15) is 45.2 Å². The molecule has 1 atom stereocenters. The Morgan fingerprint density at radius 2 is 1.76 bits per heavy atom. The molecule has 3 aromatic rings. The monoisotopic (exact) mass is 533 g/mol. The van der Waals surface area contributed by atoms with Crippen LogP contribution in [0.25, 0.3) is 22.0 Å². The molecule has 0 amide bonds. The Bertz CT molecular complexity index is 1320. The molecule has 1 N–H and O–H groups in total. The van der Waals surface area contributed by atoms with Gasteiger partial charge in [0, 0.05) is 47.2 Å². The van der Waals surface area contributed by atoms with Gasteiger partial charge in [-0.25, -0.2) is 8.42 Å². The van der Waals surface area contributed by atoms with Gasteiger partial charge in [0.05, 0.1) is 15.3 Å². The number of hydrogen-bond acceptors (Lipinski definition) is 3. The number of pyridine rings is 1. The summed E-state index contributed by atoms with van der Waals surface area (Å²) in [6.45, 7) is 6.31. The average Bonchev–Trinajstić information content (AvgIpc) is 3.50. The molecular formula is C23H24Cl2F3N3O2S. The SMILES string of the molecule is CC(C)(C)Cn1cc([C@H](NS(=O)(=O)C2CC2)C(F)(F)F)c2ccc(-c3c(Cl)cncc3Cl)cc21. The molecule has 1 saturated carbocycles. The highest BCUT2D eigenvalue weighted by Crippen LogP contribution is 2.42. The summed E-state index contributed by atoms with van der Waals surface area (Å²) in [6.07, 6.45) is 0.186. The summed E-state index contributed by atoms with van der Waals surface area (Å²) in [5.41, 5.74) is 1.26. The molecule has 2 heterocycles. The normalized spacial score (nSPS) is 16.2. The largest absolute Gasteiger partial charge is 0.408 e. The van der Waals surface area contributed by atoms with E-state index < -0.39 is 27.5 Å². The van der Waals surface area contributed by atoms with Gasteiger partial charge < -0.3 is 4.57 Å². The first-order valence-electron chi connectivity index (χ1n) is 10.7. The molecule has 4 rings (SSSR count). The van der Waals surface area contributed by atoms with E-state index in [-0.39, 0.29) is 11.0 Å². The number of halogens is 5. The molecule has 1 aliphatic carbocycles. The summed E-state index contributed by atoms with van der Waals surface area (Å²) in [6, 6.07) is 2.54. The molecule has 11 heteroatoms. The summed E-state index contributed by atoms with van der Waals surface area (Å²) in [7, 11) is -4.10. The van der Waals surface area contributed by atoms with E-state index in [4.69, 9.17) is 23.2 Å². The lowest BCUT2D eigenvalue weighted by atomic mass is 9.97. The second kappa shape index (κ2) is 8.69. The summed E-state index contributed by atoms with van der Waals surface area (Å²) >= 11 is 12.6. The van der Waals surface area contributed by atoms with Crippen LogP contribution < -0.4 is 4.72 Å². The predicted molar refractivity (Wildman–Crippen MR) is 129 cm³/mol. The van der Waals surface area contributed by atoms with Crippen LogP contribution in [0.15, 0.2) is 36.8 Å². The lowest BCUT2D eigenvalue weighted by Gasteiger charge is -2.22. The third kappa shape index (κ3) is 5.22. The molecule has 0 unspecified atom stereocenters. The Labute approximate surface area is 206 Å². The highest BCUT2D eigenvalue weighted by atomic mass is 35.5. The van der Waals surface area contributed by atoms with Gasteiger partial charge >= 0.3 is 6.18 Å². The van der Waals surface area contributed by atoms with Crippen molar-refractivity contribution in [2.24, 2.45) is 5.41 Å². The fraction of sp³-hybridized carbons (Fsp3) is 0.435. The average molecular weight is 534 g/mol. The molecule has 34 heavy (non-hydrogen) atoms. The summed E-state index contributed by atoms with van der Waals surface area (Å²) in [5, 5.41) is 0.149. The van der Waals surface area contributed by atoms with E-state index in [0.29, 0.717) is 51.5 Å². The highest BCUT2D eigenvalue weighted by molar-refractivity contribution is 7.90. The Kier molecular flexibility index (Phi) is 6.46. The highest BCUT2D eigenvalue weighted by Gasteiger charge is 2.47. The molecule has 1 aliphatic rings. The molecule has 0 spiro atoms. The van der Waals surface area contributed by atoms with Crippen LogP contribution in [0.4, 0.5) is 13.2 Å². The van der Waals surface area contributed by atoms with Crippen molar-refractivity contribution in [1.82, 2.24) is 14.3 Å². The van der Waals surface area contributed by atoms with Crippen molar-refractivity contribution in [3.05, 3.63) is 52.4 Å². The minimum absolute atomic E-state index is 0.144. The first kappa shape index (κ1) is 25.3. The molecular weight excluding hydrogens is 510 g/mol. The molecule has 184 valence electrons. The Balaban J connectivity index is 1.91. The minimum Gasteiger partial charge on any atom is -0.347 e. The van der Waals surface area contributed by atoms with Crippen LogP contribution in [-0.4, -0.2) is 29.4 Å². The number of hydrogen-bond donors (Lipinski definition) is 1. The molecule has 1 aromatic carbocycles. The van der Waals surface area contributed by atoms with Crippen molar-refractivity contribution >= 4 is 44.1 Å². The Morgan fingerprint density at radius 1 is 1.15 bits per heavy atom. The number of rotatable bonds is 6. The first-order valence-corrected chi connectivity index (χ1v) is 13.0. The van der Waals surface area contributed by atoms with Crippen molar-refractivity contribution < 1.29 is 21.6 Å². The lowest BCUT2D eigenvalue weighted by molar-refractivity contribution is -0.152. The van der Waals surface area contributed by atoms with Crippen molar-refractivity contribution in [2.45, 2.75) is 57.6 Å². The van der Waals surface area contributed by atoms with E-state index in [1.165, 1.54) is 18.6 Å². The first-order chi connectivity index (χ1) is 15.7. The number of alkyl halides is 3. The van der Waals surface area contributed by atoms with E-state index >= 15 is 0 Å². The van der Waals surface area contributed by atoms with Gasteiger partial charge in [-0.2, -0.15) is 17.9 Å². The maximum absolute atomic E-state index is 14.2. The molecule has 0 radical (unpaired) electrons. The summed E-state index contributed by atoms with van der Waals surface area (Å²) in [5.74, 6) is 0. The quantitative estimate of drug-likeness (QED) is 0.381. The fourth-order valence-corrected chi connectivity index (χ4v) is 6.10. The smallest absolute Gasteiger partial charge is 0.347 e. The van der Waals surface area contributed by atoms with Gasteiger partial charge in [-0.05, 0) is 29.9 Å². The molecule has 5 nitrogen and oxygen atoms in total. The minimum atomic E-state index is -4.82. The Hall–Kier alpha value is -1.81. The van der Waals surface area contributed by atoms with Crippen LogP contribution >= 0.6 is 23.2 Å². The van der Waals surface area contributed by atoms with Gasteiger partial charge in [0.25, 0.3) is 0 Å². The molecule has 0 bridgehead atoms. The Morgan fingerprint density at radius 3 is 2.29 bits per heavy atom. The molecule has 1 fully saturated rings. The molecule has 2 aromatic heterocycles. The number of benzene rings is 1. The maximum Gasteiger partial charge on any atom is 0.408 e. The molecule has 0 saturated heterocycles. The van der Waals surface area contributed by atoms with E-state index in [0.717, 1.165) is 0 Å². The topological polar surface area (TPSA) is 64.0 Å². The van der Waals surface area contributed by atoms with Gasteiger partial charge in [-0.1, -0.05) is 56.1 Å². The number of nitrogens with zero attached hydrogens (tertiary/aromatic N) is 2. The second-order valence-electron chi connectivity index (χ2n) is 9.82. The third-order valence-corrected chi connectivity index (χ3v) is 8.07. The standard InChI is InChI=1S/C23H24Cl2F3N3O2S/c1-22(2,3)12-31-11-16(21(23(26,27)28)30-34(32,33)14-5-6-14)15-7-4-13(8-19(15)31)20-17(24)9-29-10-18(20)25/h4,7-11,14,21,30H,5-6,12H2,1-3H3/t21-/m0/s1. The van der Waals surface area contributed by atoms with Gasteiger partial charge in [0.1, 0.15) is 6.04 Å². The number of nitrogens with one attached hydrogen (secondary N) is 1. The van der Waals surface area contributed by atoms with Gasteiger partial charge in [-0.3, -0.25) is 4.98 Å². The van der Waals surface area contributed by atoms with Crippen LogP contribution in [0, 0.1) is 5.41 Å². The van der Waals surface area contributed by atoms with E-state index in [9.17, 15) is 21.6 Å². The van der Waals surface area contributed by atoms with E-state index in [2.05, 4.69) is 4.98 Å². The molecule has 0 aliphatic heterocycles. The number of sulfonamides is 1. The van der Waals surface area contributed by atoms with Crippen molar-refractivity contribution in [1.29, 1.82) is 0 Å². The van der Waals surface area contributed by atoms with E-state index in [1.807, 2.05) is 25.5 Å². The van der Waals surface area contributed by atoms with Crippen LogP contribution in [0.5, 0.6) is 0 Å². The van der Waals surface area contributed by atoms with Gasteiger partial charge in [0.2, 0.25) is 10.0 Å². The predicted octanol–water partition coefficient (Wildman–Crippen LogP) is 6.74. The van der Waals surface area contributed by atoms with Crippen LogP contribution in [0.3, 0.4) is 0 Å². The zero-order valence-corrected chi connectivity index (χ0v) is 21.1. The van der Waals surface area contributed by atoms with Gasteiger partial charge in [-0.15, -0.1) is 0 Å². The summed E-state index contributed by atoms with van der Waals surface area (Å²) in [4.78, 5) is 3.95. The van der Waals surface area contributed by atoms with Crippen molar-refractivity contribution in [3.63, 3.8) is 0 Å². The third-order valence-electron chi connectivity index (χ3n) is 5.58. The maximum atomic E-state index is 14.2. The van der Waals surface area contributed by atoms with E-state index in [1.54, 1.807) is 22.8 Å². The van der Waals surface area contributed by atoms with Gasteiger partial charge in [0.15, 0.2) is 0 Å². The summed E-state index contributed by atoms with van der Waals surface area (Å²) < 4.78 is 71.1. The van der Waals surface area contributed by atoms with Crippen LogP contribution in [-0.2, 0) is 16.6 Å². The van der Waals surface area contributed by atoms with Crippen molar-refractivity contribution in [3.8, 4) is 11.1 Å². The van der Waals surface area contributed by atoms with Crippen LogP contribution in [0.2, 0.25) is 10.0 Å². The number of fused-ring (bicyclic) bond motifs is 1. The number of aromatic nitrogens is 2. The second-order valence-corrected chi connectivity index (χ2v) is 12.6. The lowest BCUT2D eigenvalue weighted by Crippen LogP contribution is -2.39. The van der Waals surface area contributed by atoms with Crippen molar-refractivity contribution in [2.75, 3.05) is 0 Å².